The van der Waals surface area contributed by atoms with E-state index in [1.54, 1.807) is 12.1 Å². The molecule has 0 saturated carbocycles. The third-order valence-corrected chi connectivity index (χ3v) is 2.94. The Morgan fingerprint density at radius 3 is 2.61 bits per heavy atom. The molecule has 4 nitrogen and oxygen atoms in total. The molecule has 1 amide bonds. The molecule has 3 N–H and O–H groups in total. The highest BCUT2D eigenvalue weighted by Gasteiger charge is 2.10. The number of benzene rings is 1. The standard InChI is InChI=1S/C14H22N2O2/c1-9(2)11(4)18-8-14(17)16-13-6-5-12(15)7-10(13)3/h5-7,9,11H,8,15H2,1-4H3,(H,16,17). The first kappa shape index (κ1) is 14.5. The van der Waals surface area contributed by atoms with E-state index >= 15 is 0 Å². The van der Waals surface area contributed by atoms with Crippen LogP contribution >= 0.6 is 0 Å². The number of amides is 1. The second-order valence-corrected chi connectivity index (χ2v) is 4.88. The van der Waals surface area contributed by atoms with Gasteiger partial charge in [0.1, 0.15) is 6.61 Å². The monoisotopic (exact) mass is 250 g/mol. The Morgan fingerprint density at radius 2 is 2.06 bits per heavy atom. The fourth-order valence-electron chi connectivity index (χ4n) is 1.41. The summed E-state index contributed by atoms with van der Waals surface area (Å²) < 4.78 is 5.46. The minimum atomic E-state index is -0.143. The smallest absolute Gasteiger partial charge is 0.250 e. The van der Waals surface area contributed by atoms with Gasteiger partial charge in [0, 0.05) is 11.4 Å². The minimum Gasteiger partial charge on any atom is -0.399 e. The number of hydrogen-bond acceptors (Lipinski definition) is 3. The summed E-state index contributed by atoms with van der Waals surface area (Å²) in [4.78, 5) is 11.7. The average Bonchev–Trinajstić information content (AvgIpc) is 2.29. The van der Waals surface area contributed by atoms with Gasteiger partial charge in [-0.25, -0.2) is 0 Å². The van der Waals surface area contributed by atoms with Crippen molar-refractivity contribution < 1.29 is 9.53 Å². The number of hydrogen-bond donors (Lipinski definition) is 2. The van der Waals surface area contributed by atoms with E-state index < -0.39 is 0 Å². The van der Waals surface area contributed by atoms with Crippen LogP contribution in [0.3, 0.4) is 0 Å². The number of anilines is 2. The zero-order valence-corrected chi connectivity index (χ0v) is 11.5. The molecule has 1 atom stereocenters. The first-order chi connectivity index (χ1) is 8.40. The Bertz CT molecular complexity index is 416. The number of carbonyl (C=O) groups is 1. The molecule has 1 aromatic rings. The number of rotatable bonds is 5. The summed E-state index contributed by atoms with van der Waals surface area (Å²) in [6.07, 6.45) is 0.0725. The van der Waals surface area contributed by atoms with Crippen LogP contribution in [0.1, 0.15) is 26.3 Å². The lowest BCUT2D eigenvalue weighted by molar-refractivity contribution is -0.123. The van der Waals surface area contributed by atoms with Crippen LogP contribution in [-0.2, 0) is 9.53 Å². The molecule has 0 aliphatic carbocycles. The average molecular weight is 250 g/mol. The number of ether oxygens (including phenoxy) is 1. The van der Waals surface area contributed by atoms with Crippen LogP contribution in [-0.4, -0.2) is 18.6 Å². The quantitative estimate of drug-likeness (QED) is 0.789. The van der Waals surface area contributed by atoms with Crippen LogP contribution in [0, 0.1) is 12.8 Å². The van der Waals surface area contributed by atoms with E-state index in [1.807, 2.05) is 19.9 Å². The van der Waals surface area contributed by atoms with Gasteiger partial charge in [0.05, 0.1) is 6.10 Å². The van der Waals surface area contributed by atoms with E-state index in [0.717, 1.165) is 11.3 Å². The summed E-state index contributed by atoms with van der Waals surface area (Å²) in [5, 5.41) is 2.81. The molecule has 0 saturated heterocycles. The Morgan fingerprint density at radius 1 is 1.39 bits per heavy atom. The number of nitrogens with two attached hydrogens (primary N) is 1. The molecule has 0 fully saturated rings. The molecule has 0 heterocycles. The molecule has 1 aromatic carbocycles. The summed E-state index contributed by atoms with van der Waals surface area (Å²) >= 11 is 0. The van der Waals surface area contributed by atoms with Crippen molar-refractivity contribution in [2.75, 3.05) is 17.7 Å². The highest BCUT2D eigenvalue weighted by molar-refractivity contribution is 5.92. The van der Waals surface area contributed by atoms with Gasteiger partial charge < -0.3 is 15.8 Å². The predicted molar refractivity (Wildman–Crippen MR) is 74.5 cm³/mol. The third-order valence-electron chi connectivity index (χ3n) is 2.94. The van der Waals surface area contributed by atoms with Crippen molar-refractivity contribution in [1.29, 1.82) is 0 Å². The van der Waals surface area contributed by atoms with Crippen LogP contribution in [0.25, 0.3) is 0 Å². The first-order valence-corrected chi connectivity index (χ1v) is 6.17. The van der Waals surface area contributed by atoms with E-state index in [9.17, 15) is 4.79 Å². The predicted octanol–water partition coefficient (Wildman–Crippen LogP) is 2.58. The summed E-state index contributed by atoms with van der Waals surface area (Å²) in [7, 11) is 0. The van der Waals surface area contributed by atoms with Crippen LogP contribution in [0.5, 0.6) is 0 Å². The van der Waals surface area contributed by atoms with E-state index in [1.165, 1.54) is 0 Å². The lowest BCUT2D eigenvalue weighted by Crippen LogP contribution is -2.24. The fraction of sp³-hybridized carbons (Fsp3) is 0.500. The van der Waals surface area contributed by atoms with Crippen LogP contribution in [0.4, 0.5) is 11.4 Å². The maximum Gasteiger partial charge on any atom is 0.250 e. The van der Waals surface area contributed by atoms with Crippen LogP contribution in [0.15, 0.2) is 18.2 Å². The highest BCUT2D eigenvalue weighted by atomic mass is 16.5. The molecule has 100 valence electrons. The number of aryl methyl sites for hydroxylation is 1. The molecule has 4 heteroatoms. The fourth-order valence-corrected chi connectivity index (χ4v) is 1.41. The van der Waals surface area contributed by atoms with Gasteiger partial charge in [-0.15, -0.1) is 0 Å². The van der Waals surface area contributed by atoms with Gasteiger partial charge in [-0.3, -0.25) is 4.79 Å². The van der Waals surface area contributed by atoms with E-state index in [-0.39, 0.29) is 18.6 Å². The summed E-state index contributed by atoms with van der Waals surface area (Å²) in [5.74, 6) is 0.256. The molecule has 0 aliphatic rings. The Hall–Kier alpha value is -1.55. The SMILES string of the molecule is Cc1cc(N)ccc1NC(=O)COC(C)C(C)C. The maximum atomic E-state index is 11.7. The minimum absolute atomic E-state index is 0.0725. The number of nitrogens with one attached hydrogen (secondary N) is 1. The molecular weight excluding hydrogens is 228 g/mol. The van der Waals surface area contributed by atoms with Crippen LogP contribution in [0.2, 0.25) is 0 Å². The van der Waals surface area contributed by atoms with Crippen molar-refractivity contribution in [2.24, 2.45) is 5.92 Å². The lowest BCUT2D eigenvalue weighted by Gasteiger charge is -2.16. The maximum absolute atomic E-state index is 11.7. The Labute approximate surface area is 109 Å². The highest BCUT2D eigenvalue weighted by Crippen LogP contribution is 2.17. The Balaban J connectivity index is 2.50. The van der Waals surface area contributed by atoms with E-state index in [2.05, 4.69) is 19.2 Å². The lowest BCUT2D eigenvalue weighted by atomic mass is 10.1. The van der Waals surface area contributed by atoms with Crippen molar-refractivity contribution in [2.45, 2.75) is 33.8 Å². The largest absolute Gasteiger partial charge is 0.399 e. The van der Waals surface area contributed by atoms with Crippen molar-refractivity contribution in [1.82, 2.24) is 0 Å². The second-order valence-electron chi connectivity index (χ2n) is 4.88. The second kappa shape index (κ2) is 6.40. The van der Waals surface area contributed by atoms with E-state index in [4.69, 9.17) is 10.5 Å². The molecule has 0 spiro atoms. The van der Waals surface area contributed by atoms with Gasteiger partial charge in [-0.05, 0) is 43.5 Å². The summed E-state index contributed by atoms with van der Waals surface area (Å²) in [6.45, 7) is 8.07. The molecule has 18 heavy (non-hydrogen) atoms. The number of nitrogen functional groups attached to an aromatic ring is 1. The van der Waals surface area contributed by atoms with Gasteiger partial charge in [-0.1, -0.05) is 13.8 Å². The van der Waals surface area contributed by atoms with Gasteiger partial charge in [0.2, 0.25) is 5.91 Å². The van der Waals surface area contributed by atoms with Crippen molar-refractivity contribution in [3.8, 4) is 0 Å². The first-order valence-electron chi connectivity index (χ1n) is 6.17. The summed E-state index contributed by atoms with van der Waals surface area (Å²) in [6, 6.07) is 5.39. The van der Waals surface area contributed by atoms with Gasteiger partial charge in [0.15, 0.2) is 0 Å². The Kier molecular flexibility index (Phi) is 5.16. The molecule has 0 radical (unpaired) electrons. The zero-order chi connectivity index (χ0) is 13.7. The van der Waals surface area contributed by atoms with Crippen molar-refractivity contribution in [3.63, 3.8) is 0 Å². The zero-order valence-electron chi connectivity index (χ0n) is 11.5. The van der Waals surface area contributed by atoms with Crippen molar-refractivity contribution >= 4 is 17.3 Å². The normalized spacial score (nSPS) is 12.5. The topological polar surface area (TPSA) is 64.3 Å². The van der Waals surface area contributed by atoms with Crippen LogP contribution < -0.4 is 11.1 Å². The van der Waals surface area contributed by atoms with Gasteiger partial charge >= 0.3 is 0 Å². The summed E-state index contributed by atoms with van der Waals surface area (Å²) in [5.41, 5.74) is 8.06. The molecule has 0 aliphatic heterocycles. The van der Waals surface area contributed by atoms with Crippen molar-refractivity contribution in [3.05, 3.63) is 23.8 Å². The third kappa shape index (κ3) is 4.37. The molecular formula is C14H22N2O2. The van der Waals surface area contributed by atoms with Gasteiger partial charge in [-0.2, -0.15) is 0 Å². The molecule has 0 bridgehead atoms. The van der Waals surface area contributed by atoms with Gasteiger partial charge in [0.25, 0.3) is 0 Å². The molecule has 1 unspecified atom stereocenters. The number of carbonyl (C=O) groups excluding carboxylic acids is 1. The van der Waals surface area contributed by atoms with E-state index in [0.29, 0.717) is 11.6 Å². The molecule has 1 rings (SSSR count). The molecule has 0 aromatic heterocycles.